The quantitative estimate of drug-likeness (QED) is 0.614. The Labute approximate surface area is 169 Å². The molecule has 4 nitrogen and oxygen atoms in total. The number of urea groups is 1. The van der Waals surface area contributed by atoms with Crippen LogP contribution in [0.4, 0.5) is 4.79 Å². The van der Waals surface area contributed by atoms with Crippen molar-refractivity contribution < 1.29 is 9.90 Å². The Bertz CT molecular complexity index is 783. The highest BCUT2D eigenvalue weighted by atomic mass is 79.9. The predicted octanol–water partition coefficient (Wildman–Crippen LogP) is 4.68. The van der Waals surface area contributed by atoms with E-state index in [-0.39, 0.29) is 12.1 Å². The van der Waals surface area contributed by atoms with Crippen molar-refractivity contribution in [3.63, 3.8) is 0 Å². The maximum atomic E-state index is 12.8. The van der Waals surface area contributed by atoms with Crippen molar-refractivity contribution in [2.75, 3.05) is 0 Å². The van der Waals surface area contributed by atoms with Gasteiger partial charge >= 0.3 is 6.03 Å². The van der Waals surface area contributed by atoms with E-state index in [9.17, 15) is 9.90 Å². The Kier molecular flexibility index (Phi) is 5.96. The number of benzene rings is 2. The molecule has 0 spiro atoms. The van der Waals surface area contributed by atoms with Gasteiger partial charge in [0, 0.05) is 17.5 Å². The second kappa shape index (κ2) is 8.20. The Morgan fingerprint density at radius 3 is 1.92 bits per heavy atom. The number of amides is 2. The molecule has 2 aromatic rings. The molecule has 0 saturated heterocycles. The van der Waals surface area contributed by atoms with Crippen molar-refractivity contribution in [3.05, 3.63) is 95.8 Å². The summed E-state index contributed by atoms with van der Waals surface area (Å²) in [6, 6.07) is 19.1. The van der Waals surface area contributed by atoms with Crippen LogP contribution in [-0.2, 0) is 0 Å². The summed E-state index contributed by atoms with van der Waals surface area (Å²) in [6.45, 7) is 3.90. The SMILES string of the molecule is C=C1NC(=O)N(C(c2ccccc2)c2ccccc2)C=C1C(Br)C(O)Br. The molecule has 2 amide bonds. The Morgan fingerprint density at radius 2 is 1.46 bits per heavy atom. The molecule has 0 aliphatic carbocycles. The minimum Gasteiger partial charge on any atom is -0.380 e. The third-order valence-electron chi connectivity index (χ3n) is 4.17. The van der Waals surface area contributed by atoms with Crippen molar-refractivity contribution >= 4 is 37.9 Å². The van der Waals surface area contributed by atoms with E-state index in [1.807, 2.05) is 60.7 Å². The molecule has 0 radical (unpaired) electrons. The summed E-state index contributed by atoms with van der Waals surface area (Å²) in [5.41, 5.74) is 3.14. The third-order valence-corrected chi connectivity index (χ3v) is 6.40. The first kappa shape index (κ1) is 18.9. The van der Waals surface area contributed by atoms with Gasteiger partial charge in [0.15, 0.2) is 0 Å². The van der Waals surface area contributed by atoms with E-state index in [0.717, 1.165) is 11.1 Å². The molecule has 1 heterocycles. The first-order valence-electron chi connectivity index (χ1n) is 8.05. The zero-order valence-corrected chi connectivity index (χ0v) is 17.0. The molecular formula is C20H18Br2N2O2. The molecule has 3 rings (SSSR count). The number of alkyl halides is 2. The third kappa shape index (κ3) is 3.92. The Balaban J connectivity index is 2.10. The molecule has 26 heavy (non-hydrogen) atoms. The lowest BCUT2D eigenvalue weighted by Gasteiger charge is -2.35. The Hall–Kier alpha value is -1.89. The van der Waals surface area contributed by atoms with Gasteiger partial charge in [0.1, 0.15) is 5.01 Å². The molecule has 2 N–H and O–H groups in total. The summed E-state index contributed by atoms with van der Waals surface area (Å²) in [4.78, 5) is 14.0. The first-order chi connectivity index (χ1) is 12.5. The van der Waals surface area contributed by atoms with Crippen LogP contribution >= 0.6 is 31.9 Å². The number of halogens is 2. The van der Waals surface area contributed by atoms with E-state index in [1.54, 1.807) is 11.1 Å². The highest BCUT2D eigenvalue weighted by molar-refractivity contribution is 9.12. The lowest BCUT2D eigenvalue weighted by Crippen LogP contribution is -2.44. The average Bonchev–Trinajstić information content (AvgIpc) is 2.65. The van der Waals surface area contributed by atoms with Crippen molar-refractivity contribution in [2.24, 2.45) is 0 Å². The molecular weight excluding hydrogens is 460 g/mol. The lowest BCUT2D eigenvalue weighted by atomic mass is 9.96. The average molecular weight is 478 g/mol. The minimum absolute atomic E-state index is 0.264. The molecule has 1 aliphatic rings. The second-order valence-corrected chi connectivity index (χ2v) is 7.82. The van der Waals surface area contributed by atoms with E-state index < -0.39 is 9.84 Å². The van der Waals surface area contributed by atoms with Crippen LogP contribution in [0.15, 0.2) is 84.7 Å². The molecule has 0 bridgehead atoms. The molecule has 6 heteroatoms. The van der Waals surface area contributed by atoms with Crippen molar-refractivity contribution in [2.45, 2.75) is 15.9 Å². The molecule has 0 saturated carbocycles. The number of allylic oxidation sites excluding steroid dienone is 1. The summed E-state index contributed by atoms with van der Waals surface area (Å²) < 4.78 is 0. The van der Waals surface area contributed by atoms with Gasteiger partial charge in [-0.05, 0) is 11.1 Å². The number of aliphatic hydroxyl groups excluding tert-OH is 1. The number of carbonyl (C=O) groups excluding carboxylic acids is 1. The number of aliphatic hydroxyl groups is 1. The molecule has 0 fully saturated rings. The number of hydrogen-bond acceptors (Lipinski definition) is 2. The largest absolute Gasteiger partial charge is 0.380 e. The Morgan fingerprint density at radius 1 is 0.962 bits per heavy atom. The van der Waals surface area contributed by atoms with Crippen LogP contribution in [0.5, 0.6) is 0 Å². The first-order valence-corrected chi connectivity index (χ1v) is 9.88. The highest BCUT2D eigenvalue weighted by Gasteiger charge is 2.33. The van der Waals surface area contributed by atoms with Crippen LogP contribution in [0.25, 0.3) is 0 Å². The van der Waals surface area contributed by atoms with Crippen molar-refractivity contribution in [3.8, 4) is 0 Å². The number of hydrogen-bond donors (Lipinski definition) is 2. The maximum Gasteiger partial charge on any atom is 0.326 e. The van der Waals surface area contributed by atoms with Gasteiger partial charge in [0.2, 0.25) is 0 Å². The standard InChI is InChI=1S/C20H18Br2N2O2/c1-13-16(17(21)19(22)25)12-24(20(26)23-13)18(14-8-4-2-5-9-14)15-10-6-3-7-11-15/h2-12,17-19,25H,1H2,(H,23,26). The van der Waals surface area contributed by atoms with Crippen LogP contribution in [-0.4, -0.2) is 25.9 Å². The van der Waals surface area contributed by atoms with E-state index in [0.29, 0.717) is 11.3 Å². The van der Waals surface area contributed by atoms with Crippen LogP contribution in [0, 0.1) is 0 Å². The predicted molar refractivity (Wildman–Crippen MR) is 110 cm³/mol. The molecule has 2 unspecified atom stereocenters. The van der Waals surface area contributed by atoms with E-state index >= 15 is 0 Å². The maximum absolute atomic E-state index is 12.8. The van der Waals surface area contributed by atoms with Gasteiger partial charge in [0.05, 0.1) is 10.9 Å². The van der Waals surface area contributed by atoms with Gasteiger partial charge in [-0.2, -0.15) is 0 Å². The molecule has 134 valence electrons. The monoisotopic (exact) mass is 476 g/mol. The normalized spacial score (nSPS) is 16.9. The van der Waals surface area contributed by atoms with Crippen LogP contribution in [0.3, 0.4) is 0 Å². The summed E-state index contributed by atoms with van der Waals surface area (Å²) in [5.74, 6) is 0. The number of nitrogens with one attached hydrogen (secondary N) is 1. The minimum atomic E-state index is -0.811. The fourth-order valence-electron chi connectivity index (χ4n) is 2.91. The smallest absolute Gasteiger partial charge is 0.326 e. The molecule has 2 atom stereocenters. The fraction of sp³-hybridized carbons (Fsp3) is 0.150. The number of nitrogens with zero attached hydrogens (tertiary/aromatic N) is 1. The fourth-order valence-corrected chi connectivity index (χ4v) is 3.59. The van der Waals surface area contributed by atoms with Crippen molar-refractivity contribution in [1.29, 1.82) is 0 Å². The van der Waals surface area contributed by atoms with Gasteiger partial charge in [-0.3, -0.25) is 4.90 Å². The second-order valence-electron chi connectivity index (χ2n) is 5.90. The molecule has 2 aromatic carbocycles. The van der Waals surface area contributed by atoms with Gasteiger partial charge in [0.25, 0.3) is 0 Å². The summed E-state index contributed by atoms with van der Waals surface area (Å²) >= 11 is 6.61. The highest BCUT2D eigenvalue weighted by Crippen LogP contribution is 2.34. The van der Waals surface area contributed by atoms with Gasteiger partial charge in [-0.1, -0.05) is 99.1 Å². The van der Waals surface area contributed by atoms with Crippen LogP contribution < -0.4 is 5.32 Å². The summed E-state index contributed by atoms with van der Waals surface area (Å²) in [5, 5.41) is 11.9. The van der Waals surface area contributed by atoms with Crippen molar-refractivity contribution in [1.82, 2.24) is 10.2 Å². The number of rotatable bonds is 5. The van der Waals surface area contributed by atoms with E-state index in [2.05, 4.69) is 43.8 Å². The summed E-state index contributed by atoms with van der Waals surface area (Å²) in [7, 11) is 0. The van der Waals surface area contributed by atoms with Crippen LogP contribution in [0.2, 0.25) is 0 Å². The summed E-state index contributed by atoms with van der Waals surface area (Å²) in [6.07, 6.45) is 1.75. The topological polar surface area (TPSA) is 52.6 Å². The lowest BCUT2D eigenvalue weighted by molar-refractivity contribution is 0.205. The zero-order chi connectivity index (χ0) is 18.7. The molecule has 0 aromatic heterocycles. The van der Waals surface area contributed by atoms with E-state index in [1.165, 1.54) is 0 Å². The van der Waals surface area contributed by atoms with Gasteiger partial charge < -0.3 is 10.4 Å². The van der Waals surface area contributed by atoms with Gasteiger partial charge in [-0.15, -0.1) is 0 Å². The number of carbonyl (C=O) groups is 1. The van der Waals surface area contributed by atoms with Crippen LogP contribution in [0.1, 0.15) is 17.2 Å². The van der Waals surface area contributed by atoms with E-state index in [4.69, 9.17) is 0 Å². The van der Waals surface area contributed by atoms with Gasteiger partial charge in [-0.25, -0.2) is 4.79 Å². The zero-order valence-electron chi connectivity index (χ0n) is 13.8. The molecule has 1 aliphatic heterocycles.